The van der Waals surface area contributed by atoms with E-state index in [4.69, 9.17) is 0 Å². The van der Waals surface area contributed by atoms with E-state index in [9.17, 15) is 18.8 Å². The van der Waals surface area contributed by atoms with Gasteiger partial charge in [-0.05, 0) is 24.1 Å². The summed E-state index contributed by atoms with van der Waals surface area (Å²) in [5.74, 6) is -1.02. The second kappa shape index (κ2) is 11.0. The van der Waals surface area contributed by atoms with E-state index in [-0.39, 0.29) is 43.3 Å². The predicted octanol–water partition coefficient (Wildman–Crippen LogP) is 3.42. The molecule has 0 atom stereocenters. The number of rotatable bonds is 10. The Bertz CT molecular complexity index is 790. The average Bonchev–Trinajstić information content (AvgIpc) is 2.73. The number of amides is 1. The second-order valence-corrected chi connectivity index (χ2v) is 6.37. The summed E-state index contributed by atoms with van der Waals surface area (Å²) in [7, 11) is 1.30. The van der Waals surface area contributed by atoms with E-state index in [1.807, 2.05) is 6.07 Å². The largest absolute Gasteiger partial charge is 0.469 e. The van der Waals surface area contributed by atoms with Crippen molar-refractivity contribution in [1.29, 1.82) is 0 Å². The lowest BCUT2D eigenvalue weighted by Crippen LogP contribution is -2.35. The number of hydrogen-bond acceptors (Lipinski definition) is 4. The minimum atomic E-state index is -0.403. The van der Waals surface area contributed by atoms with Crippen LogP contribution in [0.3, 0.4) is 0 Å². The molecule has 0 aromatic heterocycles. The molecule has 148 valence electrons. The number of hydrogen-bond donors (Lipinski definition) is 0. The summed E-state index contributed by atoms with van der Waals surface area (Å²) in [6.07, 6.45) is 0.782. The highest BCUT2D eigenvalue weighted by atomic mass is 19.1. The summed E-state index contributed by atoms with van der Waals surface area (Å²) in [6.45, 7) is 0.590. The molecule has 0 spiro atoms. The summed E-state index contributed by atoms with van der Waals surface area (Å²) in [6, 6.07) is 14.9. The summed E-state index contributed by atoms with van der Waals surface area (Å²) >= 11 is 0. The van der Waals surface area contributed by atoms with E-state index in [0.29, 0.717) is 18.5 Å². The smallest absolute Gasteiger partial charge is 0.307 e. The molecule has 0 saturated carbocycles. The molecule has 0 aliphatic carbocycles. The molecule has 0 bridgehead atoms. The molecule has 6 heteroatoms. The van der Waals surface area contributed by atoms with Gasteiger partial charge >= 0.3 is 5.97 Å². The predicted molar refractivity (Wildman–Crippen MR) is 103 cm³/mol. The Labute approximate surface area is 164 Å². The van der Waals surface area contributed by atoms with Crippen LogP contribution in [0.2, 0.25) is 0 Å². The Hall–Kier alpha value is -3.02. The van der Waals surface area contributed by atoms with E-state index in [2.05, 4.69) is 4.74 Å². The number of halogens is 1. The lowest BCUT2D eigenvalue weighted by molar-refractivity contribution is -0.141. The standard InChI is InChI=1S/C22H24FNO4/c1-28-22(27)14-16-24(15-13-17-7-9-19(23)10-8-17)21(26)12-11-20(25)18-5-3-2-4-6-18/h2-10H,11-16H2,1H3. The number of esters is 1. The summed E-state index contributed by atoms with van der Waals surface area (Å²) in [4.78, 5) is 37.8. The van der Waals surface area contributed by atoms with Gasteiger partial charge in [-0.15, -0.1) is 0 Å². The van der Waals surface area contributed by atoms with Gasteiger partial charge in [0.05, 0.1) is 13.5 Å². The monoisotopic (exact) mass is 385 g/mol. The lowest BCUT2D eigenvalue weighted by Gasteiger charge is -2.22. The first-order chi connectivity index (χ1) is 13.5. The van der Waals surface area contributed by atoms with E-state index in [1.54, 1.807) is 41.3 Å². The van der Waals surface area contributed by atoms with Crippen LogP contribution in [0.5, 0.6) is 0 Å². The minimum absolute atomic E-state index is 0.0678. The number of carbonyl (C=O) groups is 3. The zero-order chi connectivity index (χ0) is 20.4. The Morgan fingerprint density at radius 1 is 0.893 bits per heavy atom. The van der Waals surface area contributed by atoms with Gasteiger partial charge in [-0.25, -0.2) is 4.39 Å². The normalized spacial score (nSPS) is 10.4. The fraction of sp³-hybridized carbons (Fsp3) is 0.318. The number of ketones is 1. The van der Waals surface area contributed by atoms with Gasteiger partial charge in [-0.3, -0.25) is 14.4 Å². The van der Waals surface area contributed by atoms with Crippen molar-refractivity contribution >= 4 is 17.7 Å². The first-order valence-electron chi connectivity index (χ1n) is 9.17. The first kappa shape index (κ1) is 21.3. The van der Waals surface area contributed by atoms with Crippen molar-refractivity contribution in [2.24, 2.45) is 0 Å². The second-order valence-electron chi connectivity index (χ2n) is 6.37. The molecular formula is C22H24FNO4. The fourth-order valence-electron chi connectivity index (χ4n) is 2.75. The van der Waals surface area contributed by atoms with Crippen molar-refractivity contribution in [3.8, 4) is 0 Å². The third-order valence-corrected chi connectivity index (χ3v) is 4.41. The van der Waals surface area contributed by atoms with Gasteiger partial charge < -0.3 is 9.64 Å². The Kier molecular flexibility index (Phi) is 8.34. The SMILES string of the molecule is COC(=O)CCN(CCc1ccc(F)cc1)C(=O)CCC(=O)c1ccccc1. The molecule has 0 radical (unpaired) electrons. The van der Waals surface area contributed by atoms with E-state index >= 15 is 0 Å². The first-order valence-corrected chi connectivity index (χ1v) is 9.17. The van der Waals surface area contributed by atoms with Gasteiger partial charge in [0, 0.05) is 31.5 Å². The quantitative estimate of drug-likeness (QED) is 0.464. The van der Waals surface area contributed by atoms with Crippen LogP contribution < -0.4 is 0 Å². The van der Waals surface area contributed by atoms with Crippen molar-refractivity contribution in [3.63, 3.8) is 0 Å². The number of carbonyl (C=O) groups excluding carboxylic acids is 3. The molecule has 28 heavy (non-hydrogen) atoms. The molecule has 5 nitrogen and oxygen atoms in total. The average molecular weight is 385 g/mol. The highest BCUT2D eigenvalue weighted by Gasteiger charge is 2.17. The molecule has 0 aliphatic heterocycles. The van der Waals surface area contributed by atoms with Crippen molar-refractivity contribution in [2.75, 3.05) is 20.2 Å². The molecule has 0 saturated heterocycles. The van der Waals surface area contributed by atoms with Crippen LogP contribution in [-0.4, -0.2) is 42.8 Å². The summed E-state index contributed by atoms with van der Waals surface area (Å²) in [5.41, 5.74) is 1.46. The Morgan fingerprint density at radius 2 is 1.57 bits per heavy atom. The molecule has 2 rings (SSSR count). The molecular weight excluding hydrogens is 361 g/mol. The molecule has 2 aromatic rings. The lowest BCUT2D eigenvalue weighted by atomic mass is 10.1. The summed E-state index contributed by atoms with van der Waals surface area (Å²) in [5, 5.41) is 0. The van der Waals surface area contributed by atoms with E-state index in [0.717, 1.165) is 5.56 Å². The highest BCUT2D eigenvalue weighted by Crippen LogP contribution is 2.10. The van der Waals surface area contributed by atoms with Gasteiger partial charge in [0.15, 0.2) is 5.78 Å². The van der Waals surface area contributed by atoms with Crippen LogP contribution >= 0.6 is 0 Å². The van der Waals surface area contributed by atoms with Gasteiger partial charge in [0.2, 0.25) is 5.91 Å². The number of nitrogens with zero attached hydrogens (tertiary/aromatic N) is 1. The molecule has 2 aromatic carbocycles. The van der Waals surface area contributed by atoms with Crippen molar-refractivity contribution in [2.45, 2.75) is 25.7 Å². The van der Waals surface area contributed by atoms with E-state index in [1.165, 1.54) is 19.2 Å². The van der Waals surface area contributed by atoms with E-state index < -0.39 is 5.97 Å². The van der Waals surface area contributed by atoms with Gasteiger partial charge in [-0.1, -0.05) is 42.5 Å². The molecule has 0 N–H and O–H groups in total. The number of benzene rings is 2. The van der Waals surface area contributed by atoms with Crippen molar-refractivity contribution in [3.05, 3.63) is 71.5 Å². The third kappa shape index (κ3) is 6.95. The summed E-state index contributed by atoms with van der Waals surface area (Å²) < 4.78 is 17.7. The van der Waals surface area contributed by atoms with Crippen LogP contribution in [0.4, 0.5) is 4.39 Å². The number of ether oxygens (including phenoxy) is 1. The number of methoxy groups -OCH3 is 1. The third-order valence-electron chi connectivity index (χ3n) is 4.41. The van der Waals surface area contributed by atoms with Gasteiger partial charge in [0.25, 0.3) is 0 Å². The highest BCUT2D eigenvalue weighted by molar-refractivity contribution is 5.97. The fourth-order valence-corrected chi connectivity index (χ4v) is 2.75. The zero-order valence-corrected chi connectivity index (χ0v) is 15.9. The Balaban J connectivity index is 1.94. The molecule has 1 amide bonds. The minimum Gasteiger partial charge on any atom is -0.469 e. The van der Waals surface area contributed by atoms with Crippen molar-refractivity contribution < 1.29 is 23.5 Å². The molecule has 0 heterocycles. The van der Waals surface area contributed by atoms with Crippen LogP contribution in [0, 0.1) is 5.82 Å². The number of Topliss-reactive ketones (excluding diaryl/α,β-unsaturated/α-hetero) is 1. The van der Waals surface area contributed by atoms with Gasteiger partial charge in [-0.2, -0.15) is 0 Å². The zero-order valence-electron chi connectivity index (χ0n) is 15.9. The maximum atomic E-state index is 13.0. The maximum Gasteiger partial charge on any atom is 0.307 e. The maximum absolute atomic E-state index is 13.0. The van der Waals surface area contributed by atoms with Crippen LogP contribution in [0.25, 0.3) is 0 Å². The van der Waals surface area contributed by atoms with Gasteiger partial charge in [0.1, 0.15) is 5.82 Å². The van der Waals surface area contributed by atoms with Crippen LogP contribution in [0.1, 0.15) is 35.2 Å². The Morgan fingerprint density at radius 3 is 2.21 bits per heavy atom. The molecule has 0 aliphatic rings. The topological polar surface area (TPSA) is 63.7 Å². The van der Waals surface area contributed by atoms with Crippen molar-refractivity contribution in [1.82, 2.24) is 4.90 Å². The van der Waals surface area contributed by atoms with Crippen LogP contribution in [0.15, 0.2) is 54.6 Å². The molecule has 0 unspecified atom stereocenters. The van der Waals surface area contributed by atoms with Crippen LogP contribution in [-0.2, 0) is 20.7 Å². The molecule has 0 fully saturated rings.